The first-order valence-corrected chi connectivity index (χ1v) is 10.1. The van der Waals surface area contributed by atoms with Gasteiger partial charge in [-0.15, -0.1) is 0 Å². The Morgan fingerprint density at radius 1 is 0.963 bits per heavy atom. The molecule has 27 heavy (non-hydrogen) atoms. The molecule has 0 spiro atoms. The average molecular weight is 364 g/mol. The third kappa shape index (κ3) is 4.07. The minimum Gasteiger partial charge on any atom is -0.385 e. The Bertz CT molecular complexity index is 876. The van der Waals surface area contributed by atoms with Crippen molar-refractivity contribution >= 4 is 11.0 Å². The second kappa shape index (κ2) is 7.83. The number of aromatic nitrogens is 2. The number of imidazole rings is 1. The average Bonchev–Trinajstić information content (AvgIpc) is 3.10. The first kappa shape index (κ1) is 18.2. The van der Waals surface area contributed by atoms with Gasteiger partial charge in [0.1, 0.15) is 0 Å². The number of likely N-dealkylation sites (tertiary alicyclic amines) is 1. The zero-order valence-corrected chi connectivity index (χ0v) is 16.1. The molecule has 4 rings (SSSR count). The molecule has 0 saturated carbocycles. The fraction of sp³-hybridized carbons (Fsp3) is 0.435. The number of para-hydroxylation sites is 2. The number of piperidine rings is 1. The molecule has 0 atom stereocenters. The maximum absolute atomic E-state index is 11.0. The molecule has 0 unspecified atom stereocenters. The number of hydrogen-bond donors (Lipinski definition) is 1. The predicted molar refractivity (Wildman–Crippen MR) is 110 cm³/mol. The topological polar surface area (TPSA) is 41.3 Å². The van der Waals surface area contributed by atoms with E-state index in [-0.39, 0.29) is 0 Å². The summed E-state index contributed by atoms with van der Waals surface area (Å²) in [5, 5.41) is 11.0. The van der Waals surface area contributed by atoms with E-state index in [2.05, 4.69) is 63.8 Å². The van der Waals surface area contributed by atoms with Crippen LogP contribution in [0.15, 0.2) is 54.9 Å². The fourth-order valence-corrected chi connectivity index (χ4v) is 4.11. The van der Waals surface area contributed by atoms with E-state index in [4.69, 9.17) is 0 Å². The van der Waals surface area contributed by atoms with E-state index in [1.54, 1.807) is 0 Å². The lowest BCUT2D eigenvalue weighted by Gasteiger charge is -2.38. The van der Waals surface area contributed by atoms with E-state index in [1.165, 1.54) is 17.5 Å². The van der Waals surface area contributed by atoms with Crippen LogP contribution in [0.4, 0.5) is 0 Å². The van der Waals surface area contributed by atoms with E-state index in [1.807, 2.05) is 12.4 Å². The molecule has 4 nitrogen and oxygen atoms in total. The smallest absolute Gasteiger partial charge is 0.0958 e. The Labute approximate surface area is 161 Å². The monoisotopic (exact) mass is 363 g/mol. The zero-order chi connectivity index (χ0) is 18.7. The van der Waals surface area contributed by atoms with Crippen LogP contribution >= 0.6 is 0 Å². The Morgan fingerprint density at radius 3 is 2.44 bits per heavy atom. The highest BCUT2D eigenvalue weighted by molar-refractivity contribution is 5.74. The van der Waals surface area contributed by atoms with Crippen molar-refractivity contribution in [3.05, 3.63) is 66.0 Å². The Balaban J connectivity index is 1.23. The number of nitrogens with zero attached hydrogens (tertiary/aromatic N) is 3. The lowest BCUT2D eigenvalue weighted by Crippen LogP contribution is -2.42. The molecule has 0 amide bonds. The van der Waals surface area contributed by atoms with Gasteiger partial charge in [-0.2, -0.15) is 0 Å². The number of benzene rings is 2. The molecule has 1 aliphatic rings. The van der Waals surface area contributed by atoms with Crippen LogP contribution in [0.5, 0.6) is 0 Å². The van der Waals surface area contributed by atoms with Crippen molar-refractivity contribution in [1.29, 1.82) is 0 Å². The van der Waals surface area contributed by atoms with E-state index < -0.39 is 5.60 Å². The highest BCUT2D eigenvalue weighted by Crippen LogP contribution is 2.33. The van der Waals surface area contributed by atoms with Crippen LogP contribution in [0.3, 0.4) is 0 Å². The number of hydrogen-bond acceptors (Lipinski definition) is 3. The summed E-state index contributed by atoms with van der Waals surface area (Å²) in [7, 11) is 0. The maximum Gasteiger partial charge on any atom is 0.0958 e. The van der Waals surface area contributed by atoms with Gasteiger partial charge >= 0.3 is 0 Å². The van der Waals surface area contributed by atoms with E-state index in [0.717, 1.165) is 56.5 Å². The van der Waals surface area contributed by atoms with Crippen LogP contribution in [0.1, 0.15) is 36.8 Å². The van der Waals surface area contributed by atoms with Crippen molar-refractivity contribution in [2.45, 2.75) is 44.8 Å². The van der Waals surface area contributed by atoms with Crippen LogP contribution < -0.4 is 0 Å². The van der Waals surface area contributed by atoms with Crippen molar-refractivity contribution in [2.75, 3.05) is 19.6 Å². The standard InChI is InChI=1S/C23H29N3O/c1-19-8-10-20(11-9-19)23(27)12-16-25(17-13-23)14-4-5-15-26-18-24-21-6-2-3-7-22(21)26/h2-3,6-11,18,27H,4-5,12-17H2,1H3. The molecule has 0 radical (unpaired) electrons. The molecule has 3 aromatic rings. The van der Waals surface area contributed by atoms with Crippen molar-refractivity contribution in [2.24, 2.45) is 0 Å². The Morgan fingerprint density at radius 2 is 1.67 bits per heavy atom. The van der Waals surface area contributed by atoms with Gasteiger partial charge in [-0.05, 0) is 56.8 Å². The molecular weight excluding hydrogens is 334 g/mol. The summed E-state index contributed by atoms with van der Waals surface area (Å²) >= 11 is 0. The SMILES string of the molecule is Cc1ccc(C2(O)CCN(CCCCn3cnc4ccccc43)CC2)cc1. The van der Waals surface area contributed by atoms with Crippen LogP contribution in [0.2, 0.25) is 0 Å². The minimum atomic E-state index is -0.653. The van der Waals surface area contributed by atoms with Crippen LogP contribution in [-0.2, 0) is 12.1 Å². The van der Waals surface area contributed by atoms with Crippen molar-refractivity contribution in [3.63, 3.8) is 0 Å². The van der Waals surface area contributed by atoms with Crippen molar-refractivity contribution in [1.82, 2.24) is 14.5 Å². The first-order valence-electron chi connectivity index (χ1n) is 10.1. The molecule has 1 aliphatic heterocycles. The summed E-state index contributed by atoms with van der Waals surface area (Å²) in [6.45, 7) is 6.15. The molecule has 1 fully saturated rings. The molecule has 1 N–H and O–H groups in total. The van der Waals surface area contributed by atoms with Gasteiger partial charge in [-0.3, -0.25) is 0 Å². The fourth-order valence-electron chi connectivity index (χ4n) is 4.11. The van der Waals surface area contributed by atoms with Gasteiger partial charge in [0.2, 0.25) is 0 Å². The number of aliphatic hydroxyl groups is 1. The van der Waals surface area contributed by atoms with Gasteiger partial charge in [-0.1, -0.05) is 42.0 Å². The molecule has 0 aliphatic carbocycles. The summed E-state index contributed by atoms with van der Waals surface area (Å²) in [6, 6.07) is 16.7. The van der Waals surface area contributed by atoms with Gasteiger partial charge in [0, 0.05) is 19.6 Å². The van der Waals surface area contributed by atoms with E-state index in [9.17, 15) is 5.11 Å². The largest absolute Gasteiger partial charge is 0.385 e. The number of aryl methyl sites for hydroxylation is 2. The zero-order valence-electron chi connectivity index (χ0n) is 16.1. The van der Waals surface area contributed by atoms with Crippen LogP contribution in [0.25, 0.3) is 11.0 Å². The first-order chi connectivity index (χ1) is 13.1. The lowest BCUT2D eigenvalue weighted by molar-refractivity contribution is -0.0261. The molecule has 1 aromatic heterocycles. The second-order valence-electron chi connectivity index (χ2n) is 7.87. The summed E-state index contributed by atoms with van der Waals surface area (Å²) in [5.41, 5.74) is 3.95. The molecule has 0 bridgehead atoms. The molecule has 2 aromatic carbocycles. The maximum atomic E-state index is 11.0. The summed E-state index contributed by atoms with van der Waals surface area (Å²) < 4.78 is 2.25. The quantitative estimate of drug-likeness (QED) is 0.670. The van der Waals surface area contributed by atoms with Crippen molar-refractivity contribution in [3.8, 4) is 0 Å². The normalized spacial score (nSPS) is 17.4. The highest BCUT2D eigenvalue weighted by atomic mass is 16.3. The molecule has 1 saturated heterocycles. The lowest BCUT2D eigenvalue weighted by atomic mass is 9.84. The summed E-state index contributed by atoms with van der Waals surface area (Å²) in [6.07, 6.45) is 5.92. The van der Waals surface area contributed by atoms with Gasteiger partial charge in [0.05, 0.1) is 23.0 Å². The molecular formula is C23H29N3O. The third-order valence-corrected chi connectivity index (χ3v) is 5.92. The predicted octanol–water partition coefficient (Wildman–Crippen LogP) is 4.11. The Kier molecular flexibility index (Phi) is 5.28. The molecule has 142 valence electrons. The van der Waals surface area contributed by atoms with Gasteiger partial charge in [0.25, 0.3) is 0 Å². The van der Waals surface area contributed by atoms with E-state index in [0.29, 0.717) is 0 Å². The number of rotatable bonds is 6. The Hall–Kier alpha value is -2.17. The third-order valence-electron chi connectivity index (χ3n) is 5.92. The molecule has 2 heterocycles. The van der Waals surface area contributed by atoms with Gasteiger partial charge in [-0.25, -0.2) is 4.98 Å². The van der Waals surface area contributed by atoms with Gasteiger partial charge in [0.15, 0.2) is 0 Å². The minimum absolute atomic E-state index is 0.653. The molecule has 4 heteroatoms. The second-order valence-corrected chi connectivity index (χ2v) is 7.87. The summed E-state index contributed by atoms with van der Waals surface area (Å²) in [5.74, 6) is 0. The number of fused-ring (bicyclic) bond motifs is 1. The van der Waals surface area contributed by atoms with Gasteiger partial charge < -0.3 is 14.6 Å². The van der Waals surface area contributed by atoms with Crippen molar-refractivity contribution < 1.29 is 5.11 Å². The highest BCUT2D eigenvalue weighted by Gasteiger charge is 2.33. The van der Waals surface area contributed by atoms with E-state index >= 15 is 0 Å². The van der Waals surface area contributed by atoms with Crippen LogP contribution in [-0.4, -0.2) is 39.2 Å². The summed E-state index contributed by atoms with van der Waals surface area (Å²) in [4.78, 5) is 6.96. The number of unbranched alkanes of at least 4 members (excludes halogenated alkanes) is 1. The van der Waals surface area contributed by atoms with Crippen LogP contribution in [0, 0.1) is 6.92 Å².